The average molecular weight is 278 g/mol. The normalized spacial score (nSPS) is 12.1. The first-order valence-electron chi connectivity index (χ1n) is 5.24. The van der Waals surface area contributed by atoms with E-state index in [4.69, 9.17) is 0 Å². The molecule has 1 unspecified atom stereocenters. The van der Waals surface area contributed by atoms with E-state index in [0.717, 1.165) is 7.11 Å². The van der Waals surface area contributed by atoms with E-state index >= 15 is 0 Å². The Kier molecular flexibility index (Phi) is 4.63. The number of hydrogen-bond acceptors (Lipinski definition) is 3. The van der Waals surface area contributed by atoms with Crippen LogP contribution in [0.2, 0.25) is 0 Å². The summed E-state index contributed by atoms with van der Waals surface area (Å²) in [7, 11) is 0.819. The smallest absolute Gasteiger partial charge is 0.344 e. The minimum atomic E-state index is -1.83. The van der Waals surface area contributed by atoms with Gasteiger partial charge in [0.2, 0.25) is 0 Å². The quantitative estimate of drug-likeness (QED) is 0.368. The fraction of sp³-hybridized carbons (Fsp3) is 0.333. The van der Waals surface area contributed by atoms with Gasteiger partial charge in [0.15, 0.2) is 23.3 Å². The number of esters is 1. The molecule has 0 aromatic heterocycles. The molecular weight excluding hydrogens is 268 g/mol. The number of aldehydes is 1. The number of halogens is 4. The lowest BCUT2D eigenvalue weighted by Gasteiger charge is -2.14. The molecule has 0 saturated heterocycles. The molecular formula is C12H10F4O3. The van der Waals surface area contributed by atoms with Gasteiger partial charge >= 0.3 is 5.97 Å². The van der Waals surface area contributed by atoms with Crippen LogP contribution < -0.4 is 0 Å². The zero-order chi connectivity index (χ0) is 14.7. The predicted octanol–water partition coefficient (Wildman–Crippen LogP) is 2.72. The molecule has 0 bridgehead atoms. The Morgan fingerprint density at radius 1 is 1.16 bits per heavy atom. The fourth-order valence-corrected chi connectivity index (χ4v) is 1.62. The largest absolute Gasteiger partial charge is 0.465 e. The van der Waals surface area contributed by atoms with E-state index in [2.05, 4.69) is 4.74 Å². The highest BCUT2D eigenvalue weighted by Crippen LogP contribution is 2.31. The third-order valence-electron chi connectivity index (χ3n) is 2.63. The Morgan fingerprint density at radius 3 is 2.00 bits per heavy atom. The minimum Gasteiger partial charge on any atom is -0.465 e. The van der Waals surface area contributed by atoms with Gasteiger partial charge in [-0.15, -0.1) is 0 Å². The Morgan fingerprint density at radius 2 is 1.63 bits per heavy atom. The minimum absolute atomic E-state index is 0.315. The molecule has 0 aliphatic carbocycles. The van der Waals surface area contributed by atoms with Gasteiger partial charge in [-0.3, -0.25) is 0 Å². The lowest BCUT2D eigenvalue weighted by Crippen LogP contribution is -2.16. The summed E-state index contributed by atoms with van der Waals surface area (Å²) >= 11 is 0. The fourth-order valence-electron chi connectivity index (χ4n) is 1.62. The summed E-state index contributed by atoms with van der Waals surface area (Å²) in [5, 5.41) is 0. The molecule has 0 aliphatic rings. The van der Waals surface area contributed by atoms with Crippen molar-refractivity contribution in [2.45, 2.75) is 19.3 Å². The van der Waals surface area contributed by atoms with Crippen LogP contribution in [0.5, 0.6) is 0 Å². The van der Waals surface area contributed by atoms with Crippen LogP contribution in [0.4, 0.5) is 17.6 Å². The molecule has 104 valence electrons. The van der Waals surface area contributed by atoms with Crippen molar-refractivity contribution in [2.24, 2.45) is 0 Å². The zero-order valence-electron chi connectivity index (χ0n) is 10.1. The SMILES string of the molecule is COC(=O)c1c(F)c(F)c(C(C)CC=O)c(F)c1F. The van der Waals surface area contributed by atoms with Crippen LogP contribution in [0.3, 0.4) is 0 Å². The summed E-state index contributed by atoms with van der Waals surface area (Å²) in [4.78, 5) is 21.4. The number of rotatable bonds is 4. The topological polar surface area (TPSA) is 43.4 Å². The Balaban J connectivity index is 3.55. The molecule has 0 heterocycles. The van der Waals surface area contributed by atoms with Gasteiger partial charge in [-0.05, 0) is 5.92 Å². The standard InChI is InChI=1S/C12H10F4O3/c1-5(3-4-17)6-8(13)10(15)7(12(18)19-2)11(16)9(6)14/h4-5H,3H2,1-2H3. The van der Waals surface area contributed by atoms with Gasteiger partial charge in [-0.25, -0.2) is 22.4 Å². The van der Waals surface area contributed by atoms with Crippen LogP contribution in [0, 0.1) is 23.3 Å². The van der Waals surface area contributed by atoms with Crippen molar-refractivity contribution in [3.63, 3.8) is 0 Å². The van der Waals surface area contributed by atoms with Gasteiger partial charge in [0.1, 0.15) is 11.8 Å². The molecule has 0 fully saturated rings. The molecule has 19 heavy (non-hydrogen) atoms. The van der Waals surface area contributed by atoms with E-state index in [1.165, 1.54) is 6.92 Å². The number of benzene rings is 1. The van der Waals surface area contributed by atoms with E-state index in [1.54, 1.807) is 0 Å². The van der Waals surface area contributed by atoms with Crippen LogP contribution in [-0.2, 0) is 9.53 Å². The Bertz CT molecular complexity index is 499. The second kappa shape index (κ2) is 5.81. The van der Waals surface area contributed by atoms with Crippen molar-refractivity contribution in [2.75, 3.05) is 7.11 Å². The third-order valence-corrected chi connectivity index (χ3v) is 2.63. The van der Waals surface area contributed by atoms with Crippen LogP contribution in [0.1, 0.15) is 35.2 Å². The van der Waals surface area contributed by atoms with E-state index in [9.17, 15) is 27.2 Å². The van der Waals surface area contributed by atoms with Gasteiger partial charge < -0.3 is 9.53 Å². The summed E-state index contributed by atoms with van der Waals surface area (Å²) < 4.78 is 58.5. The molecule has 1 aromatic rings. The number of hydrogen-bond donors (Lipinski definition) is 0. The van der Waals surface area contributed by atoms with E-state index in [1.807, 2.05) is 0 Å². The average Bonchev–Trinajstić information content (AvgIpc) is 2.37. The molecule has 0 spiro atoms. The summed E-state index contributed by atoms with van der Waals surface area (Å²) in [6, 6.07) is 0. The van der Waals surface area contributed by atoms with Gasteiger partial charge in [-0.2, -0.15) is 0 Å². The molecule has 1 aromatic carbocycles. The van der Waals surface area contributed by atoms with Crippen molar-refractivity contribution in [1.82, 2.24) is 0 Å². The summed E-state index contributed by atoms with van der Waals surface area (Å²) in [6.07, 6.45) is 0.0534. The molecule has 1 rings (SSSR count). The monoisotopic (exact) mass is 278 g/mol. The van der Waals surface area contributed by atoms with Crippen molar-refractivity contribution in [1.29, 1.82) is 0 Å². The van der Waals surface area contributed by atoms with E-state index < -0.39 is 46.3 Å². The second-order valence-corrected chi connectivity index (χ2v) is 3.84. The third kappa shape index (κ3) is 2.59. The molecule has 0 saturated carbocycles. The second-order valence-electron chi connectivity index (χ2n) is 3.84. The van der Waals surface area contributed by atoms with Crippen LogP contribution >= 0.6 is 0 Å². The first-order chi connectivity index (χ1) is 8.86. The molecule has 0 N–H and O–H groups in total. The molecule has 0 aliphatic heterocycles. The maximum Gasteiger partial charge on any atom is 0.344 e. The van der Waals surface area contributed by atoms with Crippen molar-refractivity contribution < 1.29 is 31.9 Å². The van der Waals surface area contributed by atoms with Crippen LogP contribution in [-0.4, -0.2) is 19.4 Å². The molecule has 0 radical (unpaired) electrons. The summed E-state index contributed by atoms with van der Waals surface area (Å²) in [5.41, 5.74) is -2.34. The lowest BCUT2D eigenvalue weighted by atomic mass is 9.95. The van der Waals surface area contributed by atoms with Gasteiger partial charge in [0.25, 0.3) is 0 Å². The van der Waals surface area contributed by atoms with E-state index in [0.29, 0.717) is 6.29 Å². The highest BCUT2D eigenvalue weighted by molar-refractivity contribution is 5.90. The van der Waals surface area contributed by atoms with Gasteiger partial charge in [0, 0.05) is 12.0 Å². The number of ether oxygens (including phenoxy) is 1. The first-order valence-corrected chi connectivity index (χ1v) is 5.24. The van der Waals surface area contributed by atoms with Gasteiger partial charge in [0.05, 0.1) is 7.11 Å². The number of carbonyl (C=O) groups is 2. The molecule has 0 amide bonds. The van der Waals surface area contributed by atoms with Gasteiger partial charge in [-0.1, -0.05) is 6.92 Å². The zero-order valence-corrected chi connectivity index (χ0v) is 10.1. The predicted molar refractivity (Wildman–Crippen MR) is 56.7 cm³/mol. The maximum atomic E-state index is 13.7. The van der Waals surface area contributed by atoms with Crippen LogP contribution in [0.25, 0.3) is 0 Å². The van der Waals surface area contributed by atoms with Crippen LogP contribution in [0.15, 0.2) is 0 Å². The van der Waals surface area contributed by atoms with Crippen molar-refractivity contribution in [3.05, 3.63) is 34.4 Å². The Labute approximate surface area is 106 Å². The molecule has 7 heteroatoms. The summed E-state index contributed by atoms with van der Waals surface area (Å²) in [5.74, 6) is -9.66. The van der Waals surface area contributed by atoms with Crippen molar-refractivity contribution in [3.8, 4) is 0 Å². The summed E-state index contributed by atoms with van der Waals surface area (Å²) in [6.45, 7) is 1.23. The molecule has 3 nitrogen and oxygen atoms in total. The lowest BCUT2D eigenvalue weighted by molar-refractivity contribution is -0.108. The van der Waals surface area contributed by atoms with Crippen molar-refractivity contribution >= 4 is 12.3 Å². The number of methoxy groups -OCH3 is 1. The maximum absolute atomic E-state index is 13.7. The van der Waals surface area contributed by atoms with E-state index in [-0.39, 0.29) is 6.42 Å². The Hall–Kier alpha value is -1.92. The highest BCUT2D eigenvalue weighted by Gasteiger charge is 2.31. The molecule has 1 atom stereocenters. The highest BCUT2D eigenvalue weighted by atomic mass is 19.2. The first kappa shape index (κ1) is 15.1. The number of carbonyl (C=O) groups excluding carboxylic acids is 2.